The first-order chi connectivity index (χ1) is 11.9. The number of aromatic nitrogens is 2. The molecule has 0 saturated carbocycles. The number of carbonyl (C=O) groups is 1. The van der Waals surface area contributed by atoms with Gasteiger partial charge in [-0.2, -0.15) is 5.10 Å². The maximum atomic E-state index is 14.5. The van der Waals surface area contributed by atoms with Crippen molar-refractivity contribution in [1.29, 1.82) is 0 Å². The van der Waals surface area contributed by atoms with E-state index in [9.17, 15) is 18.1 Å². The molecule has 0 aliphatic rings. The highest BCUT2D eigenvalue weighted by Crippen LogP contribution is 2.32. The Morgan fingerprint density at radius 3 is 2.42 bits per heavy atom. The molecule has 0 amide bonds. The van der Waals surface area contributed by atoms with Gasteiger partial charge in [-0.15, -0.1) is 4.72 Å². The average Bonchev–Trinajstić information content (AvgIpc) is 2.92. The Morgan fingerprint density at radius 2 is 1.92 bits per heavy atom. The monoisotopic (exact) mass is 383 g/mol. The normalized spacial score (nSPS) is 15.5. The molecule has 1 aromatic heterocycles. The molecule has 1 aromatic carbocycles. The van der Waals surface area contributed by atoms with Crippen LogP contribution in [0.25, 0.3) is 0 Å². The highest BCUT2D eigenvalue weighted by Gasteiger charge is 2.40. The molecule has 0 fully saturated rings. The average molecular weight is 383 g/mol. The van der Waals surface area contributed by atoms with Crippen LogP contribution in [0.5, 0.6) is 0 Å². The van der Waals surface area contributed by atoms with E-state index in [0.717, 1.165) is 12.1 Å². The molecule has 0 bridgehead atoms. The van der Waals surface area contributed by atoms with Crippen LogP contribution in [0.15, 0.2) is 30.5 Å². The van der Waals surface area contributed by atoms with E-state index < -0.39 is 33.3 Å². The third-order valence-corrected chi connectivity index (χ3v) is 5.77. The summed E-state index contributed by atoms with van der Waals surface area (Å²) in [7, 11) is 1.63. The molecule has 2 unspecified atom stereocenters. The molecular formula is C18H23F2N3O2S. The van der Waals surface area contributed by atoms with Crippen LogP contribution >= 0.6 is 0 Å². The van der Waals surface area contributed by atoms with Crippen molar-refractivity contribution in [2.45, 2.75) is 44.4 Å². The first kappa shape index (κ1) is 20.5. The number of ketones is 1. The minimum atomic E-state index is -1.57. The lowest BCUT2D eigenvalue weighted by Gasteiger charge is -2.35. The van der Waals surface area contributed by atoms with Gasteiger partial charge < -0.3 is 4.55 Å². The van der Waals surface area contributed by atoms with Crippen molar-refractivity contribution in [3.63, 3.8) is 0 Å². The summed E-state index contributed by atoms with van der Waals surface area (Å²) in [6, 6.07) is 4.70. The Kier molecular flexibility index (Phi) is 5.89. The van der Waals surface area contributed by atoms with Crippen LogP contribution in [0.2, 0.25) is 0 Å². The number of nitrogens with one attached hydrogen (secondary N) is 1. The molecular weight excluding hydrogens is 360 g/mol. The number of benzene rings is 1. The predicted molar refractivity (Wildman–Crippen MR) is 96.9 cm³/mol. The van der Waals surface area contributed by atoms with E-state index in [1.165, 1.54) is 16.9 Å². The van der Waals surface area contributed by atoms with Gasteiger partial charge in [0.1, 0.15) is 22.1 Å². The van der Waals surface area contributed by atoms with E-state index in [1.807, 2.05) is 0 Å². The molecule has 1 N–H and O–H groups in total. The second-order valence-electron chi connectivity index (χ2n) is 7.38. The van der Waals surface area contributed by atoms with Crippen molar-refractivity contribution < 1.29 is 18.1 Å². The fourth-order valence-electron chi connectivity index (χ4n) is 2.54. The van der Waals surface area contributed by atoms with E-state index >= 15 is 0 Å². The maximum Gasteiger partial charge on any atom is 0.183 e. The van der Waals surface area contributed by atoms with E-state index in [1.54, 1.807) is 40.8 Å². The smallest absolute Gasteiger partial charge is 0.183 e. The zero-order chi connectivity index (χ0) is 19.7. The summed E-state index contributed by atoms with van der Waals surface area (Å²) < 4.78 is 44.1. The molecule has 0 saturated heterocycles. The fraction of sp³-hybridized carbons (Fsp3) is 0.444. The van der Waals surface area contributed by atoms with Gasteiger partial charge in [0.05, 0.1) is 5.54 Å². The van der Waals surface area contributed by atoms with Crippen molar-refractivity contribution in [3.8, 4) is 0 Å². The van der Waals surface area contributed by atoms with Crippen LogP contribution in [0.3, 0.4) is 0 Å². The molecule has 1 heterocycles. The molecule has 0 radical (unpaired) electrons. The van der Waals surface area contributed by atoms with Crippen LogP contribution in [-0.2, 0) is 23.9 Å². The molecule has 0 aliphatic heterocycles. The van der Waals surface area contributed by atoms with Gasteiger partial charge in [0, 0.05) is 42.7 Å². The second kappa shape index (κ2) is 7.46. The van der Waals surface area contributed by atoms with Gasteiger partial charge in [0.2, 0.25) is 0 Å². The lowest BCUT2D eigenvalue weighted by Crippen LogP contribution is -2.51. The summed E-state index contributed by atoms with van der Waals surface area (Å²) in [5.74, 6) is -1.82. The molecule has 0 spiro atoms. The summed E-state index contributed by atoms with van der Waals surface area (Å²) in [4.78, 5) is 12.7. The number of aryl methyl sites for hydroxylation is 1. The highest BCUT2D eigenvalue weighted by atomic mass is 32.2. The summed E-state index contributed by atoms with van der Waals surface area (Å²) >= 11 is -1.57. The predicted octanol–water partition coefficient (Wildman–Crippen LogP) is 3.24. The fourth-order valence-corrected chi connectivity index (χ4v) is 3.44. The van der Waals surface area contributed by atoms with E-state index in [2.05, 4.69) is 9.82 Å². The Bertz CT molecular complexity index is 804. The first-order valence-corrected chi connectivity index (χ1v) is 9.25. The highest BCUT2D eigenvalue weighted by molar-refractivity contribution is 7.90. The van der Waals surface area contributed by atoms with Gasteiger partial charge in [-0.25, -0.2) is 8.78 Å². The Hall–Kier alpha value is -1.77. The SMILES string of the molecule is Cn1nccc1C(=O)CC(C)(N[S+]([O-])C(C)(C)C)c1ccc(F)cc1F. The lowest BCUT2D eigenvalue weighted by atomic mass is 9.87. The van der Waals surface area contributed by atoms with Crippen molar-refractivity contribution in [2.75, 3.05) is 0 Å². The van der Waals surface area contributed by atoms with Gasteiger partial charge in [0.15, 0.2) is 5.78 Å². The molecule has 2 rings (SSSR count). The summed E-state index contributed by atoms with van der Waals surface area (Å²) in [5.41, 5.74) is -0.869. The number of halogens is 2. The van der Waals surface area contributed by atoms with Crippen LogP contribution in [0.1, 0.15) is 50.2 Å². The van der Waals surface area contributed by atoms with Gasteiger partial charge in [-0.1, -0.05) is 6.07 Å². The van der Waals surface area contributed by atoms with Gasteiger partial charge in [-0.05, 0) is 39.8 Å². The zero-order valence-electron chi connectivity index (χ0n) is 15.5. The van der Waals surface area contributed by atoms with Crippen LogP contribution in [0.4, 0.5) is 8.78 Å². The maximum absolute atomic E-state index is 14.5. The summed E-state index contributed by atoms with van der Waals surface area (Å²) in [6.07, 6.45) is 1.32. The first-order valence-electron chi connectivity index (χ1n) is 8.10. The Balaban J connectivity index is 2.44. The van der Waals surface area contributed by atoms with E-state index in [-0.39, 0.29) is 17.8 Å². The van der Waals surface area contributed by atoms with Gasteiger partial charge in [0.25, 0.3) is 0 Å². The van der Waals surface area contributed by atoms with E-state index in [4.69, 9.17) is 0 Å². The van der Waals surface area contributed by atoms with Crippen molar-refractivity contribution in [2.24, 2.45) is 7.05 Å². The standard InChI is InChI=1S/C18H23F2N3O2S/c1-17(2,3)26(25)22-18(4,13-7-6-12(19)10-14(13)20)11-16(24)15-8-9-21-23(15)5/h6-10,22H,11H2,1-5H3. The minimum Gasteiger partial charge on any atom is -0.598 e. The van der Waals surface area contributed by atoms with Crippen molar-refractivity contribution >= 4 is 17.1 Å². The molecule has 26 heavy (non-hydrogen) atoms. The molecule has 0 aliphatic carbocycles. The quantitative estimate of drug-likeness (QED) is 0.614. The number of hydrogen-bond donors (Lipinski definition) is 1. The number of nitrogens with zero attached hydrogens (tertiary/aromatic N) is 2. The number of carbonyl (C=O) groups excluding carboxylic acids is 1. The van der Waals surface area contributed by atoms with Crippen LogP contribution < -0.4 is 4.72 Å². The van der Waals surface area contributed by atoms with Crippen LogP contribution in [0, 0.1) is 11.6 Å². The second-order valence-corrected chi connectivity index (χ2v) is 9.35. The topological polar surface area (TPSA) is 70.0 Å². The molecule has 2 aromatic rings. The van der Waals surface area contributed by atoms with E-state index in [0.29, 0.717) is 5.69 Å². The molecule has 2 atom stereocenters. The molecule has 5 nitrogen and oxygen atoms in total. The lowest BCUT2D eigenvalue weighted by molar-refractivity contribution is 0.0939. The minimum absolute atomic E-state index is 0.0759. The van der Waals surface area contributed by atoms with Crippen molar-refractivity contribution in [1.82, 2.24) is 14.5 Å². The third kappa shape index (κ3) is 4.49. The van der Waals surface area contributed by atoms with Crippen molar-refractivity contribution in [3.05, 3.63) is 53.4 Å². The third-order valence-electron chi connectivity index (χ3n) is 4.02. The largest absolute Gasteiger partial charge is 0.598 e. The Morgan fingerprint density at radius 1 is 1.27 bits per heavy atom. The molecule has 142 valence electrons. The number of rotatable bonds is 6. The van der Waals surface area contributed by atoms with Gasteiger partial charge >= 0.3 is 0 Å². The zero-order valence-corrected chi connectivity index (χ0v) is 16.3. The number of Topliss-reactive ketones (excluding diaryl/α,β-unsaturated/α-hetero) is 1. The number of hydrogen-bond acceptors (Lipinski definition) is 4. The summed E-state index contributed by atoms with van der Waals surface area (Å²) in [5, 5.41) is 3.96. The van der Waals surface area contributed by atoms with Crippen LogP contribution in [-0.4, -0.2) is 24.9 Å². The van der Waals surface area contributed by atoms with Gasteiger partial charge in [-0.3, -0.25) is 9.48 Å². The Labute approximate surface area is 155 Å². The molecule has 8 heteroatoms. The summed E-state index contributed by atoms with van der Waals surface area (Å²) in [6.45, 7) is 6.88.